The highest BCUT2D eigenvalue weighted by Crippen LogP contribution is 2.36. The van der Waals surface area contributed by atoms with Crippen LogP contribution in [-0.4, -0.2) is 17.0 Å². The second kappa shape index (κ2) is 6.27. The number of carboxylic acids is 1. The minimum absolute atomic E-state index is 0.179. The molecule has 1 aromatic carbocycles. The standard InChI is InChI=1S/C15H18ClNO3/c1-9-5-12(13(6-9)15(19)20)14(18)17-8-10-3-2-4-11(16)7-10/h2-4,7,9,12-13H,5-6,8H2,1H3,(H,17,18)(H,19,20). The van der Waals surface area contributed by atoms with E-state index in [9.17, 15) is 14.7 Å². The highest BCUT2D eigenvalue weighted by atomic mass is 35.5. The number of rotatable bonds is 4. The fourth-order valence-corrected chi connectivity index (χ4v) is 3.03. The molecule has 2 rings (SSSR count). The van der Waals surface area contributed by atoms with Crippen molar-refractivity contribution < 1.29 is 14.7 Å². The largest absolute Gasteiger partial charge is 0.481 e. The number of nitrogens with one attached hydrogen (secondary N) is 1. The van der Waals surface area contributed by atoms with Crippen molar-refractivity contribution in [2.45, 2.75) is 26.3 Å². The van der Waals surface area contributed by atoms with Crippen molar-refractivity contribution in [3.05, 3.63) is 34.9 Å². The first-order chi connectivity index (χ1) is 9.47. The van der Waals surface area contributed by atoms with E-state index < -0.39 is 17.8 Å². The summed E-state index contributed by atoms with van der Waals surface area (Å²) in [5.74, 6) is -1.77. The van der Waals surface area contributed by atoms with Crippen LogP contribution in [0.15, 0.2) is 24.3 Å². The van der Waals surface area contributed by atoms with E-state index in [2.05, 4.69) is 5.32 Å². The van der Waals surface area contributed by atoms with Gasteiger partial charge in [0, 0.05) is 11.6 Å². The van der Waals surface area contributed by atoms with Gasteiger partial charge in [0.25, 0.3) is 0 Å². The summed E-state index contributed by atoms with van der Waals surface area (Å²) in [6, 6.07) is 7.25. The third kappa shape index (κ3) is 3.51. The molecule has 0 radical (unpaired) electrons. The molecule has 1 amide bonds. The van der Waals surface area contributed by atoms with Gasteiger partial charge in [-0.05, 0) is 36.5 Å². The van der Waals surface area contributed by atoms with Crippen LogP contribution in [0.3, 0.4) is 0 Å². The number of carbonyl (C=O) groups excluding carboxylic acids is 1. The van der Waals surface area contributed by atoms with Crippen molar-refractivity contribution in [2.24, 2.45) is 17.8 Å². The molecule has 1 fully saturated rings. The fraction of sp³-hybridized carbons (Fsp3) is 0.467. The van der Waals surface area contributed by atoms with Gasteiger partial charge in [0.05, 0.1) is 11.8 Å². The Morgan fingerprint density at radius 3 is 2.70 bits per heavy atom. The van der Waals surface area contributed by atoms with Gasteiger partial charge in [-0.25, -0.2) is 0 Å². The molecule has 0 heterocycles. The lowest BCUT2D eigenvalue weighted by molar-refractivity contribution is -0.146. The molecule has 1 aliphatic rings. The van der Waals surface area contributed by atoms with E-state index in [0.29, 0.717) is 24.4 Å². The molecular weight excluding hydrogens is 278 g/mol. The van der Waals surface area contributed by atoms with E-state index in [1.807, 2.05) is 19.1 Å². The van der Waals surface area contributed by atoms with Crippen LogP contribution in [0, 0.1) is 17.8 Å². The normalized spacial score (nSPS) is 25.4. The van der Waals surface area contributed by atoms with Crippen LogP contribution in [0.1, 0.15) is 25.3 Å². The second-order valence-electron chi connectivity index (χ2n) is 5.48. The summed E-state index contributed by atoms with van der Waals surface area (Å²) in [4.78, 5) is 23.3. The van der Waals surface area contributed by atoms with E-state index in [4.69, 9.17) is 11.6 Å². The number of benzene rings is 1. The molecule has 1 saturated carbocycles. The molecule has 0 spiro atoms. The number of carboxylic acid groups (broad SMARTS) is 1. The summed E-state index contributed by atoms with van der Waals surface area (Å²) in [5, 5.41) is 12.6. The third-order valence-corrected chi connectivity index (χ3v) is 4.04. The van der Waals surface area contributed by atoms with E-state index in [1.54, 1.807) is 12.1 Å². The first-order valence-corrected chi connectivity index (χ1v) is 7.10. The number of aliphatic carboxylic acids is 1. The monoisotopic (exact) mass is 295 g/mol. The van der Waals surface area contributed by atoms with Crippen molar-refractivity contribution in [1.29, 1.82) is 0 Å². The van der Waals surface area contributed by atoms with Gasteiger partial charge < -0.3 is 10.4 Å². The number of carbonyl (C=O) groups is 2. The Kier molecular flexibility index (Phi) is 4.65. The molecule has 5 heteroatoms. The lowest BCUT2D eigenvalue weighted by atomic mass is 9.95. The maximum atomic E-state index is 12.2. The Balaban J connectivity index is 1.96. The lowest BCUT2D eigenvalue weighted by Gasteiger charge is -2.15. The highest BCUT2D eigenvalue weighted by Gasteiger charge is 2.40. The van der Waals surface area contributed by atoms with Crippen LogP contribution in [0.5, 0.6) is 0 Å². The van der Waals surface area contributed by atoms with Gasteiger partial charge in [-0.2, -0.15) is 0 Å². The summed E-state index contributed by atoms with van der Waals surface area (Å²) in [7, 11) is 0. The quantitative estimate of drug-likeness (QED) is 0.897. The number of hydrogen-bond acceptors (Lipinski definition) is 2. The van der Waals surface area contributed by atoms with Crippen LogP contribution in [0.4, 0.5) is 0 Å². The van der Waals surface area contributed by atoms with Crippen molar-refractivity contribution in [2.75, 3.05) is 0 Å². The van der Waals surface area contributed by atoms with Crippen LogP contribution >= 0.6 is 11.6 Å². The maximum absolute atomic E-state index is 12.2. The molecule has 108 valence electrons. The van der Waals surface area contributed by atoms with Gasteiger partial charge in [-0.15, -0.1) is 0 Å². The van der Waals surface area contributed by atoms with Gasteiger partial charge in [0.15, 0.2) is 0 Å². The topological polar surface area (TPSA) is 66.4 Å². The van der Waals surface area contributed by atoms with E-state index in [-0.39, 0.29) is 11.8 Å². The van der Waals surface area contributed by atoms with Crippen molar-refractivity contribution in [3.8, 4) is 0 Å². The van der Waals surface area contributed by atoms with Crippen LogP contribution in [-0.2, 0) is 16.1 Å². The zero-order chi connectivity index (χ0) is 14.7. The average molecular weight is 296 g/mol. The van der Waals surface area contributed by atoms with Crippen molar-refractivity contribution in [1.82, 2.24) is 5.32 Å². The predicted octanol–water partition coefficient (Wildman–Crippen LogP) is 2.70. The molecule has 0 bridgehead atoms. The number of halogens is 1. The number of amides is 1. The summed E-state index contributed by atoms with van der Waals surface area (Å²) in [5.41, 5.74) is 0.906. The molecular formula is C15H18ClNO3. The van der Waals surface area contributed by atoms with Crippen LogP contribution < -0.4 is 5.32 Å². The molecule has 3 atom stereocenters. The average Bonchev–Trinajstić information content (AvgIpc) is 2.78. The first-order valence-electron chi connectivity index (χ1n) is 6.72. The Hall–Kier alpha value is -1.55. The Labute approximate surface area is 123 Å². The van der Waals surface area contributed by atoms with Crippen molar-refractivity contribution >= 4 is 23.5 Å². The molecule has 1 aromatic rings. The van der Waals surface area contributed by atoms with Gasteiger partial charge in [-0.1, -0.05) is 30.7 Å². The molecule has 0 saturated heterocycles. The summed E-state index contributed by atoms with van der Waals surface area (Å²) < 4.78 is 0. The maximum Gasteiger partial charge on any atom is 0.307 e. The molecule has 1 aliphatic carbocycles. The predicted molar refractivity (Wildman–Crippen MR) is 76.3 cm³/mol. The molecule has 0 aliphatic heterocycles. The van der Waals surface area contributed by atoms with Crippen LogP contribution in [0.2, 0.25) is 5.02 Å². The summed E-state index contributed by atoms with van der Waals surface area (Å²) in [6.07, 6.45) is 1.21. The third-order valence-electron chi connectivity index (χ3n) is 3.81. The minimum Gasteiger partial charge on any atom is -0.481 e. The van der Waals surface area contributed by atoms with E-state index >= 15 is 0 Å². The summed E-state index contributed by atoms with van der Waals surface area (Å²) >= 11 is 5.88. The fourth-order valence-electron chi connectivity index (χ4n) is 2.82. The number of hydrogen-bond donors (Lipinski definition) is 2. The van der Waals surface area contributed by atoms with Gasteiger partial charge in [0.2, 0.25) is 5.91 Å². The smallest absolute Gasteiger partial charge is 0.307 e. The Bertz CT molecular complexity index is 518. The zero-order valence-corrected chi connectivity index (χ0v) is 12.1. The Morgan fingerprint density at radius 2 is 2.05 bits per heavy atom. The molecule has 3 unspecified atom stereocenters. The van der Waals surface area contributed by atoms with Crippen LogP contribution in [0.25, 0.3) is 0 Å². The second-order valence-corrected chi connectivity index (χ2v) is 5.91. The van der Waals surface area contributed by atoms with Gasteiger partial charge in [-0.3, -0.25) is 9.59 Å². The first kappa shape index (κ1) is 14.9. The van der Waals surface area contributed by atoms with Gasteiger partial charge in [0.1, 0.15) is 0 Å². The summed E-state index contributed by atoms with van der Waals surface area (Å²) in [6.45, 7) is 2.36. The van der Waals surface area contributed by atoms with E-state index in [0.717, 1.165) is 5.56 Å². The van der Waals surface area contributed by atoms with Gasteiger partial charge >= 0.3 is 5.97 Å². The minimum atomic E-state index is -0.878. The molecule has 4 nitrogen and oxygen atoms in total. The SMILES string of the molecule is CC1CC(C(=O)O)C(C(=O)NCc2cccc(Cl)c2)C1. The molecule has 2 N–H and O–H groups in total. The Morgan fingerprint density at radius 1 is 1.35 bits per heavy atom. The lowest BCUT2D eigenvalue weighted by Crippen LogP contribution is -2.34. The van der Waals surface area contributed by atoms with Crippen molar-refractivity contribution in [3.63, 3.8) is 0 Å². The highest BCUT2D eigenvalue weighted by molar-refractivity contribution is 6.30. The van der Waals surface area contributed by atoms with E-state index in [1.165, 1.54) is 0 Å². The molecule has 0 aromatic heterocycles. The zero-order valence-electron chi connectivity index (χ0n) is 11.3. The molecule has 20 heavy (non-hydrogen) atoms.